The van der Waals surface area contributed by atoms with E-state index >= 15 is 0 Å². The Morgan fingerprint density at radius 1 is 1.04 bits per heavy atom. The molecule has 0 saturated heterocycles. The molecule has 0 aliphatic carbocycles. The Hall–Kier alpha value is -2.86. The Morgan fingerprint density at radius 3 is 2.35 bits per heavy atom. The highest BCUT2D eigenvalue weighted by atomic mass is 35.5. The van der Waals surface area contributed by atoms with E-state index < -0.39 is 0 Å². The highest BCUT2D eigenvalue weighted by Crippen LogP contribution is 2.11. The normalized spacial score (nSPS) is 10.1. The zero-order valence-electron chi connectivity index (χ0n) is 14.6. The van der Waals surface area contributed by atoms with Crippen LogP contribution in [0.25, 0.3) is 0 Å². The number of benzene rings is 2. The lowest BCUT2D eigenvalue weighted by Crippen LogP contribution is -2.32. The molecular weight excluding hydrogens is 354 g/mol. The fraction of sp³-hybridized carbons (Fsp3) is 0.211. The summed E-state index contributed by atoms with van der Waals surface area (Å²) in [5.41, 5.74) is 1.84. The molecule has 7 heteroatoms. The Labute approximate surface area is 157 Å². The van der Waals surface area contributed by atoms with Crippen LogP contribution in [0.3, 0.4) is 0 Å². The molecule has 0 aliphatic heterocycles. The SMILES string of the molecule is CN(C)C(=O)Cc1ccc(NC(=O)CNC(=O)c2cccc(Cl)c2)cc1. The second-order valence-corrected chi connectivity index (χ2v) is 6.34. The van der Waals surface area contributed by atoms with Gasteiger partial charge < -0.3 is 15.5 Å². The molecule has 0 atom stereocenters. The van der Waals surface area contributed by atoms with Crippen molar-refractivity contribution in [2.45, 2.75) is 6.42 Å². The number of carbonyl (C=O) groups excluding carboxylic acids is 3. The highest BCUT2D eigenvalue weighted by Gasteiger charge is 2.09. The van der Waals surface area contributed by atoms with Crippen molar-refractivity contribution in [3.05, 3.63) is 64.7 Å². The van der Waals surface area contributed by atoms with Crippen LogP contribution < -0.4 is 10.6 Å². The van der Waals surface area contributed by atoms with Crippen molar-refractivity contribution in [2.24, 2.45) is 0 Å². The van der Waals surface area contributed by atoms with E-state index in [9.17, 15) is 14.4 Å². The van der Waals surface area contributed by atoms with Crippen LogP contribution in [-0.2, 0) is 16.0 Å². The molecule has 2 aromatic rings. The smallest absolute Gasteiger partial charge is 0.251 e. The monoisotopic (exact) mass is 373 g/mol. The lowest BCUT2D eigenvalue weighted by molar-refractivity contribution is -0.128. The number of hydrogen-bond acceptors (Lipinski definition) is 3. The van der Waals surface area contributed by atoms with E-state index in [4.69, 9.17) is 11.6 Å². The molecule has 0 spiro atoms. The molecule has 3 amide bonds. The van der Waals surface area contributed by atoms with Gasteiger partial charge in [-0.25, -0.2) is 0 Å². The molecule has 0 saturated carbocycles. The third-order valence-electron chi connectivity index (χ3n) is 3.59. The number of hydrogen-bond donors (Lipinski definition) is 2. The average molecular weight is 374 g/mol. The third-order valence-corrected chi connectivity index (χ3v) is 3.82. The Kier molecular flexibility index (Phi) is 6.74. The molecule has 0 aliphatic rings. The van der Waals surface area contributed by atoms with Crippen LogP contribution in [0.1, 0.15) is 15.9 Å². The van der Waals surface area contributed by atoms with Crippen LogP contribution in [0, 0.1) is 0 Å². The van der Waals surface area contributed by atoms with Gasteiger partial charge in [0.1, 0.15) is 0 Å². The van der Waals surface area contributed by atoms with Gasteiger partial charge in [-0.3, -0.25) is 14.4 Å². The standard InChI is InChI=1S/C19H20ClN3O3/c1-23(2)18(25)10-13-6-8-16(9-7-13)22-17(24)12-21-19(26)14-4-3-5-15(20)11-14/h3-9,11H,10,12H2,1-2H3,(H,21,26)(H,22,24). The van der Waals surface area contributed by atoms with Crippen LogP contribution in [0.4, 0.5) is 5.69 Å². The van der Waals surface area contributed by atoms with Gasteiger partial charge in [0, 0.05) is 30.4 Å². The van der Waals surface area contributed by atoms with Gasteiger partial charge in [0.05, 0.1) is 13.0 Å². The summed E-state index contributed by atoms with van der Waals surface area (Å²) in [7, 11) is 3.41. The number of rotatable bonds is 6. The van der Waals surface area contributed by atoms with Crippen molar-refractivity contribution in [1.82, 2.24) is 10.2 Å². The minimum absolute atomic E-state index is 0.00510. The molecule has 2 rings (SSSR count). The van der Waals surface area contributed by atoms with Gasteiger partial charge in [-0.2, -0.15) is 0 Å². The number of nitrogens with one attached hydrogen (secondary N) is 2. The van der Waals surface area contributed by atoms with Gasteiger partial charge in [-0.15, -0.1) is 0 Å². The molecule has 0 bridgehead atoms. The van der Waals surface area contributed by atoms with E-state index in [1.807, 2.05) is 0 Å². The number of likely N-dealkylation sites (N-methyl/N-ethyl adjacent to an activating group) is 1. The van der Waals surface area contributed by atoms with Gasteiger partial charge >= 0.3 is 0 Å². The number of anilines is 1. The fourth-order valence-corrected chi connectivity index (χ4v) is 2.33. The minimum Gasteiger partial charge on any atom is -0.349 e. The van der Waals surface area contributed by atoms with Crippen LogP contribution in [0.2, 0.25) is 5.02 Å². The number of amides is 3. The number of carbonyl (C=O) groups is 3. The van der Waals surface area contributed by atoms with Crippen molar-refractivity contribution in [1.29, 1.82) is 0 Å². The topological polar surface area (TPSA) is 78.5 Å². The largest absolute Gasteiger partial charge is 0.349 e. The summed E-state index contributed by atoms with van der Waals surface area (Å²) in [6, 6.07) is 13.5. The zero-order chi connectivity index (χ0) is 19.1. The first-order valence-corrected chi connectivity index (χ1v) is 8.35. The lowest BCUT2D eigenvalue weighted by atomic mass is 10.1. The van der Waals surface area contributed by atoms with Crippen LogP contribution in [-0.4, -0.2) is 43.3 Å². The summed E-state index contributed by atoms with van der Waals surface area (Å²) in [5, 5.41) is 5.68. The predicted octanol–water partition coefficient (Wildman–Crippen LogP) is 2.34. The zero-order valence-corrected chi connectivity index (χ0v) is 15.3. The van der Waals surface area contributed by atoms with E-state index in [1.165, 1.54) is 11.0 Å². The maximum absolute atomic E-state index is 12.0. The molecule has 2 aromatic carbocycles. The van der Waals surface area contributed by atoms with Crippen molar-refractivity contribution >= 4 is 35.0 Å². The summed E-state index contributed by atoms with van der Waals surface area (Å²) in [4.78, 5) is 37.1. The molecular formula is C19H20ClN3O3. The summed E-state index contributed by atoms with van der Waals surface area (Å²) >= 11 is 5.84. The van der Waals surface area contributed by atoms with E-state index in [-0.39, 0.29) is 24.3 Å². The molecule has 0 aromatic heterocycles. The third kappa shape index (κ3) is 5.89. The molecule has 0 heterocycles. The van der Waals surface area contributed by atoms with Crippen molar-refractivity contribution in [3.8, 4) is 0 Å². The van der Waals surface area contributed by atoms with Crippen LogP contribution >= 0.6 is 11.6 Å². The van der Waals surface area contributed by atoms with E-state index in [1.54, 1.807) is 56.6 Å². The lowest BCUT2D eigenvalue weighted by Gasteiger charge is -2.11. The van der Waals surface area contributed by atoms with E-state index in [0.29, 0.717) is 22.7 Å². The first-order valence-electron chi connectivity index (χ1n) is 7.98. The minimum atomic E-state index is -0.375. The first kappa shape index (κ1) is 19.5. The van der Waals surface area contributed by atoms with Crippen molar-refractivity contribution < 1.29 is 14.4 Å². The highest BCUT2D eigenvalue weighted by molar-refractivity contribution is 6.31. The second kappa shape index (κ2) is 9.01. The summed E-state index contributed by atoms with van der Waals surface area (Å²) in [6.45, 7) is -0.161. The average Bonchev–Trinajstić information content (AvgIpc) is 2.61. The Morgan fingerprint density at radius 2 is 1.73 bits per heavy atom. The van der Waals surface area contributed by atoms with Gasteiger partial charge in [-0.1, -0.05) is 29.8 Å². The van der Waals surface area contributed by atoms with Crippen molar-refractivity contribution in [3.63, 3.8) is 0 Å². The molecule has 0 radical (unpaired) electrons. The van der Waals surface area contributed by atoms with Crippen LogP contribution in [0.5, 0.6) is 0 Å². The van der Waals surface area contributed by atoms with Gasteiger partial charge in [0.15, 0.2) is 0 Å². The maximum Gasteiger partial charge on any atom is 0.251 e. The molecule has 136 valence electrons. The summed E-state index contributed by atoms with van der Waals surface area (Å²) in [5.74, 6) is -0.719. The van der Waals surface area contributed by atoms with Gasteiger partial charge in [-0.05, 0) is 35.9 Å². The van der Waals surface area contributed by atoms with Crippen molar-refractivity contribution in [2.75, 3.05) is 26.0 Å². The maximum atomic E-state index is 12.0. The quantitative estimate of drug-likeness (QED) is 0.815. The fourth-order valence-electron chi connectivity index (χ4n) is 2.14. The Bertz CT molecular complexity index is 804. The van der Waals surface area contributed by atoms with E-state index in [0.717, 1.165) is 5.56 Å². The number of halogens is 1. The molecule has 26 heavy (non-hydrogen) atoms. The van der Waals surface area contributed by atoms with Gasteiger partial charge in [0.25, 0.3) is 5.91 Å². The summed E-state index contributed by atoms with van der Waals surface area (Å²) in [6.07, 6.45) is 0.302. The van der Waals surface area contributed by atoms with Crippen LogP contribution in [0.15, 0.2) is 48.5 Å². The Balaban J connectivity index is 1.84. The predicted molar refractivity (Wildman–Crippen MR) is 101 cm³/mol. The van der Waals surface area contributed by atoms with E-state index in [2.05, 4.69) is 10.6 Å². The molecule has 0 fully saturated rings. The summed E-state index contributed by atoms with van der Waals surface area (Å²) < 4.78 is 0. The first-order chi connectivity index (χ1) is 12.3. The van der Waals surface area contributed by atoms with Gasteiger partial charge in [0.2, 0.25) is 11.8 Å². The number of nitrogens with zero attached hydrogens (tertiary/aromatic N) is 1. The molecule has 6 nitrogen and oxygen atoms in total. The molecule has 0 unspecified atom stereocenters. The molecule has 2 N–H and O–H groups in total. The second-order valence-electron chi connectivity index (χ2n) is 5.90.